The molecule has 3 fully saturated rings. The molecule has 13 nitrogen and oxygen atoms in total. The second kappa shape index (κ2) is 25.2. The van der Waals surface area contributed by atoms with Crippen LogP contribution in [0.3, 0.4) is 0 Å². The van der Waals surface area contributed by atoms with Gasteiger partial charge < -0.3 is 42.5 Å². The Kier molecular flexibility index (Phi) is 21.8. The van der Waals surface area contributed by atoms with Crippen LogP contribution in [0.1, 0.15) is 154 Å². The number of allylic oxidation sites excluding steroid dienone is 3. The molecule has 1 aliphatic carbocycles. The number of aliphatic hydroxyl groups is 1. The van der Waals surface area contributed by atoms with E-state index in [1.807, 2.05) is 20.8 Å². The van der Waals surface area contributed by atoms with E-state index >= 15 is 9.59 Å². The summed E-state index contributed by atoms with van der Waals surface area (Å²) in [5.74, 6) is -3.54. The topological polar surface area (TPSA) is 156 Å². The maximum atomic E-state index is 15.1. The predicted octanol–water partition coefficient (Wildman–Crippen LogP) is 10.6. The van der Waals surface area contributed by atoms with Gasteiger partial charge in [0.15, 0.2) is 22.4 Å². The van der Waals surface area contributed by atoms with Crippen molar-refractivity contribution in [1.82, 2.24) is 4.90 Å². The quantitative estimate of drug-likeness (QED) is 0.0958. The van der Waals surface area contributed by atoms with Crippen molar-refractivity contribution in [3.63, 3.8) is 0 Å². The van der Waals surface area contributed by atoms with Gasteiger partial charge in [-0.25, -0.2) is 4.79 Å². The second-order valence-electron chi connectivity index (χ2n) is 25.2. The van der Waals surface area contributed by atoms with Crippen molar-refractivity contribution < 1.29 is 56.8 Å². The Balaban J connectivity index is 1.89. The zero-order valence-corrected chi connectivity index (χ0v) is 49.7. The largest absolute Gasteiger partial charge is 0.456 e. The van der Waals surface area contributed by atoms with Gasteiger partial charge in [-0.1, -0.05) is 87.0 Å². The Labute approximate surface area is 431 Å². The van der Waals surface area contributed by atoms with Crippen LogP contribution in [-0.2, 0) is 51.7 Å². The van der Waals surface area contributed by atoms with E-state index in [9.17, 15) is 14.7 Å². The van der Waals surface area contributed by atoms with Gasteiger partial charge in [0.2, 0.25) is 5.60 Å². The normalized spacial score (nSPS) is 36.5. The number of carbonyl (C=O) groups is 4. The average molecular weight is 1030 g/mol. The molecule has 14 atom stereocenters. The molecule has 0 spiro atoms. The number of hydrogen-bond acceptors (Lipinski definition) is 12. The Morgan fingerprint density at radius 1 is 0.803 bits per heavy atom. The third kappa shape index (κ3) is 15.1. The molecule has 2 saturated heterocycles. The smallest absolute Gasteiger partial charge is 0.329 e. The van der Waals surface area contributed by atoms with E-state index in [1.165, 1.54) is 4.90 Å². The molecule has 0 radical (unpaired) electrons. The first-order chi connectivity index (χ1) is 32.9. The molecule has 3 heterocycles. The summed E-state index contributed by atoms with van der Waals surface area (Å²) >= 11 is 0. The third-order valence-corrected chi connectivity index (χ3v) is 26.5. The van der Waals surface area contributed by atoms with Crippen LogP contribution < -0.4 is 0 Å². The summed E-state index contributed by atoms with van der Waals surface area (Å²) in [6.07, 6.45) is 6.99. The summed E-state index contributed by atoms with van der Waals surface area (Å²) in [6, 6.07) is -1.08. The van der Waals surface area contributed by atoms with Gasteiger partial charge in [0.05, 0.1) is 37.1 Å². The first-order valence-corrected chi connectivity index (χ1v) is 32.9. The lowest BCUT2D eigenvalue weighted by Crippen LogP contribution is -2.64. The van der Waals surface area contributed by atoms with Crippen molar-refractivity contribution >= 4 is 40.1 Å². The highest BCUT2D eigenvalue weighted by atomic mass is 28.4. The third-order valence-electron chi connectivity index (χ3n) is 17.5. The summed E-state index contributed by atoms with van der Waals surface area (Å²) in [4.78, 5) is 60.7. The van der Waals surface area contributed by atoms with Gasteiger partial charge in [0, 0.05) is 52.0 Å². The number of cyclic esters (lactones) is 1. The van der Waals surface area contributed by atoms with E-state index in [2.05, 4.69) is 93.7 Å². The number of nitrogens with zero attached hydrogens (tertiary/aromatic N) is 1. The van der Waals surface area contributed by atoms with Crippen molar-refractivity contribution in [1.29, 1.82) is 0 Å². The molecule has 4 rings (SSSR count). The Morgan fingerprint density at radius 3 is 1.94 bits per heavy atom. The van der Waals surface area contributed by atoms with Gasteiger partial charge in [-0.2, -0.15) is 0 Å². The number of methoxy groups -OCH3 is 3. The summed E-state index contributed by atoms with van der Waals surface area (Å²) in [6.45, 7) is 33.7. The standard InChI is InChI=1S/C56H99NO12Si2/c1-20-41-28-35(2)27-36(3)29-47(64-14)50-48(65-15)31-38(5)51(59)56(62,34-66-50)53(61)57-26-22-21-23-42(57)52(60)67-49(39(6)45(33-43(41)58)69-71(18,19)55(10,11)12)37(4)30-40-24-25-44(46(32-40)63-13)68-70(16,17)54(7,8)9/h28,30,36,38-42,44-50,62H,20-27,29,31-34H2,1-19H3/b35-28-,37-30+/t36-,38+,39-,40-,41+,42-,44+,45-,46+,47-,48-,49+,50+,56+/m0/s1. The zero-order chi connectivity index (χ0) is 53.6. The first-order valence-electron chi connectivity index (χ1n) is 27.1. The van der Waals surface area contributed by atoms with Crippen molar-refractivity contribution in [2.45, 2.75) is 244 Å². The highest BCUT2D eigenvalue weighted by Crippen LogP contribution is 2.43. The first kappa shape index (κ1) is 61.5. The lowest BCUT2D eigenvalue weighted by molar-refractivity contribution is -0.195. The molecule has 0 unspecified atom stereocenters. The molecule has 408 valence electrons. The molecular formula is C56H99NO12Si2. The maximum absolute atomic E-state index is 15.1. The van der Waals surface area contributed by atoms with E-state index < -0.39 is 94.9 Å². The van der Waals surface area contributed by atoms with Gasteiger partial charge in [0.1, 0.15) is 24.0 Å². The van der Waals surface area contributed by atoms with E-state index in [0.717, 1.165) is 30.4 Å². The molecule has 1 N–H and O–H groups in total. The predicted molar refractivity (Wildman–Crippen MR) is 285 cm³/mol. The van der Waals surface area contributed by atoms with Gasteiger partial charge in [-0.05, 0) is 132 Å². The number of hydrogen-bond donors (Lipinski definition) is 1. The molecule has 71 heavy (non-hydrogen) atoms. The second-order valence-corrected chi connectivity index (χ2v) is 34.8. The Morgan fingerprint density at radius 2 is 1.38 bits per heavy atom. The van der Waals surface area contributed by atoms with Crippen LogP contribution in [0.2, 0.25) is 36.3 Å². The van der Waals surface area contributed by atoms with E-state index in [4.69, 9.17) is 32.5 Å². The zero-order valence-electron chi connectivity index (χ0n) is 47.7. The Bertz CT molecular complexity index is 1870. The number of esters is 1. The lowest BCUT2D eigenvalue weighted by Gasteiger charge is -2.44. The number of ketones is 2. The minimum atomic E-state index is -2.57. The number of rotatable bonds is 10. The molecule has 0 aromatic carbocycles. The van der Waals surface area contributed by atoms with Crippen LogP contribution in [-0.4, -0.2) is 139 Å². The van der Waals surface area contributed by atoms with Crippen molar-refractivity contribution in [2.24, 2.45) is 29.6 Å². The lowest BCUT2D eigenvalue weighted by atomic mass is 9.81. The molecule has 0 aromatic heterocycles. The fourth-order valence-corrected chi connectivity index (χ4v) is 13.8. The summed E-state index contributed by atoms with van der Waals surface area (Å²) in [5.41, 5.74) is -0.660. The van der Waals surface area contributed by atoms with Crippen LogP contribution >= 0.6 is 0 Å². The van der Waals surface area contributed by atoms with E-state index in [0.29, 0.717) is 32.1 Å². The van der Waals surface area contributed by atoms with Crippen molar-refractivity contribution in [3.8, 4) is 0 Å². The fourth-order valence-electron chi connectivity index (χ4n) is 11.0. The van der Waals surface area contributed by atoms with Crippen LogP contribution in [0.5, 0.6) is 0 Å². The number of piperidine rings is 1. The number of amides is 1. The van der Waals surface area contributed by atoms with Gasteiger partial charge >= 0.3 is 5.97 Å². The van der Waals surface area contributed by atoms with E-state index in [-0.39, 0.29) is 71.6 Å². The highest BCUT2D eigenvalue weighted by Gasteiger charge is 2.54. The SMILES string of the molecule is CC[C@@H]1/C=C(/C)C[C@H](C)C[C@H](OC)[C@H]2OC[C@@](O)(C(=O)[C@H](C)C[C@@H]2OC)C(=O)N2CCCC[C@H]2C(=O)O[C@H](/C(C)=C/[C@@H]2CC[C@@H](O[Si](C)(C)C(C)(C)C)[C@H](OC)C2)[C@@H](C)[C@@H](O[Si](C)(C)C(C)(C)C)CC1=O. The molecular weight excluding hydrogens is 935 g/mol. The highest BCUT2D eigenvalue weighted by molar-refractivity contribution is 6.74. The van der Waals surface area contributed by atoms with Crippen LogP contribution in [0.15, 0.2) is 23.3 Å². The minimum Gasteiger partial charge on any atom is -0.456 e. The number of Topliss-reactive ketones (excluding diaryl/α,β-unsaturated/α-hetero) is 2. The maximum Gasteiger partial charge on any atom is 0.329 e. The monoisotopic (exact) mass is 1030 g/mol. The van der Waals surface area contributed by atoms with Gasteiger partial charge in [0.25, 0.3) is 5.91 Å². The molecule has 2 bridgehead atoms. The number of carbonyl (C=O) groups excluding carboxylic acids is 4. The molecule has 3 aliphatic heterocycles. The molecule has 1 amide bonds. The number of fused-ring (bicyclic) bond motifs is 4. The molecule has 1 saturated carbocycles. The molecule has 0 aromatic rings. The van der Waals surface area contributed by atoms with Crippen molar-refractivity contribution in [3.05, 3.63) is 23.3 Å². The molecule has 15 heteroatoms. The fraction of sp³-hybridized carbons (Fsp3) is 0.857. The summed E-state index contributed by atoms with van der Waals surface area (Å²) in [7, 11) is 0.305. The minimum absolute atomic E-state index is 0.0333. The van der Waals surface area contributed by atoms with Crippen LogP contribution in [0, 0.1) is 29.6 Å². The number of ether oxygens (including phenoxy) is 5. The molecule has 4 aliphatic rings. The average Bonchev–Trinajstić information content (AvgIpc) is 3.29. The summed E-state index contributed by atoms with van der Waals surface area (Å²) in [5, 5.41) is 12.3. The van der Waals surface area contributed by atoms with Crippen molar-refractivity contribution in [2.75, 3.05) is 34.5 Å². The van der Waals surface area contributed by atoms with Gasteiger partial charge in [-0.3, -0.25) is 14.4 Å². The summed E-state index contributed by atoms with van der Waals surface area (Å²) < 4.78 is 45.7. The van der Waals surface area contributed by atoms with E-state index in [1.54, 1.807) is 28.3 Å². The van der Waals surface area contributed by atoms with Gasteiger partial charge in [-0.15, -0.1) is 0 Å². The Hall–Kier alpha value is -2.09. The van der Waals surface area contributed by atoms with Crippen LogP contribution in [0.4, 0.5) is 0 Å². The van der Waals surface area contributed by atoms with Crippen LogP contribution in [0.25, 0.3) is 0 Å².